The third-order valence-electron chi connectivity index (χ3n) is 3.14. The van der Waals surface area contributed by atoms with Crippen LogP contribution in [0.15, 0.2) is 34.5 Å². The molecule has 4 rings (SSSR count). The first-order chi connectivity index (χ1) is 6.93. The highest BCUT2D eigenvalue weighted by atomic mass is 15.4. The second-order valence-electron chi connectivity index (χ2n) is 3.97. The molecule has 1 atom stereocenters. The molecule has 68 valence electrons. The summed E-state index contributed by atoms with van der Waals surface area (Å²) in [6, 6.07) is 8.36. The molecular weight excluding hydrogens is 174 g/mol. The lowest BCUT2D eigenvalue weighted by Gasteiger charge is -2.25. The molecule has 0 aromatic carbocycles. The van der Waals surface area contributed by atoms with Crippen LogP contribution in [0, 0.1) is 0 Å². The van der Waals surface area contributed by atoms with E-state index in [1.165, 1.54) is 16.8 Å². The molecule has 14 heavy (non-hydrogen) atoms. The molecule has 3 heteroatoms. The van der Waals surface area contributed by atoms with Gasteiger partial charge in [0.05, 0.1) is 0 Å². The van der Waals surface area contributed by atoms with E-state index in [9.17, 15) is 0 Å². The Morgan fingerprint density at radius 1 is 1.29 bits per heavy atom. The van der Waals surface area contributed by atoms with Crippen molar-refractivity contribution >= 4 is 5.82 Å². The van der Waals surface area contributed by atoms with Gasteiger partial charge in [-0.2, -0.15) is 5.11 Å². The van der Waals surface area contributed by atoms with E-state index >= 15 is 0 Å². The van der Waals surface area contributed by atoms with E-state index in [4.69, 9.17) is 0 Å². The van der Waals surface area contributed by atoms with Crippen molar-refractivity contribution in [1.29, 1.82) is 0 Å². The molecule has 1 aromatic heterocycles. The predicted molar refractivity (Wildman–Crippen MR) is 52.1 cm³/mol. The van der Waals surface area contributed by atoms with Crippen molar-refractivity contribution in [2.24, 2.45) is 10.2 Å². The highest BCUT2D eigenvalue weighted by molar-refractivity contribution is 5.51. The number of nitrogens with zero attached hydrogens (tertiary/aromatic N) is 3. The van der Waals surface area contributed by atoms with Gasteiger partial charge in [-0.3, -0.25) is 0 Å². The van der Waals surface area contributed by atoms with Crippen LogP contribution in [0.2, 0.25) is 0 Å². The predicted octanol–water partition coefficient (Wildman–Crippen LogP) is 2.67. The van der Waals surface area contributed by atoms with Gasteiger partial charge in [-0.05, 0) is 23.6 Å². The van der Waals surface area contributed by atoms with Crippen molar-refractivity contribution in [3.63, 3.8) is 0 Å². The largest absolute Gasteiger partial charge is 0.303 e. The van der Waals surface area contributed by atoms with Crippen LogP contribution in [0.4, 0.5) is 5.82 Å². The van der Waals surface area contributed by atoms with Crippen molar-refractivity contribution in [1.82, 2.24) is 4.57 Å². The lowest BCUT2D eigenvalue weighted by molar-refractivity contribution is 0.428. The fourth-order valence-corrected chi connectivity index (χ4v) is 2.28. The summed E-state index contributed by atoms with van der Waals surface area (Å²) in [6.45, 7) is 0. The Hall–Kier alpha value is -1.64. The van der Waals surface area contributed by atoms with E-state index in [2.05, 4.69) is 26.9 Å². The molecule has 1 aromatic rings. The van der Waals surface area contributed by atoms with E-state index in [0.29, 0.717) is 6.17 Å². The van der Waals surface area contributed by atoms with Gasteiger partial charge in [-0.15, -0.1) is 5.11 Å². The standard InChI is InChI=1S/C11H9N3/c1-2-4-10-12-13-11-6-9(14(10)11)8-5-7(8)3-1/h1-4,11H,5-6H2. The molecule has 1 unspecified atom stereocenters. The molecule has 0 fully saturated rings. The van der Waals surface area contributed by atoms with Crippen LogP contribution >= 0.6 is 0 Å². The minimum Gasteiger partial charge on any atom is -0.303 e. The fourth-order valence-electron chi connectivity index (χ4n) is 2.28. The summed E-state index contributed by atoms with van der Waals surface area (Å²) < 4.78 is 2.26. The first-order valence-electron chi connectivity index (χ1n) is 4.93. The molecule has 0 saturated carbocycles. The molecule has 0 saturated heterocycles. The summed E-state index contributed by atoms with van der Waals surface area (Å²) in [6.07, 6.45) is 2.54. The summed E-state index contributed by atoms with van der Waals surface area (Å²) in [5.41, 5.74) is 4.45. The average molecular weight is 183 g/mol. The van der Waals surface area contributed by atoms with Crippen LogP contribution in [0.25, 0.3) is 0 Å². The summed E-state index contributed by atoms with van der Waals surface area (Å²) >= 11 is 0. The molecule has 2 aliphatic heterocycles. The Labute approximate surface area is 81.4 Å². The van der Waals surface area contributed by atoms with Gasteiger partial charge in [0.1, 0.15) is 0 Å². The third-order valence-corrected chi connectivity index (χ3v) is 3.14. The Morgan fingerprint density at radius 3 is 3.21 bits per heavy atom. The molecular formula is C11H9N3. The molecule has 0 N–H and O–H groups in total. The summed E-state index contributed by atoms with van der Waals surface area (Å²) in [5, 5.41) is 8.39. The summed E-state index contributed by atoms with van der Waals surface area (Å²) in [4.78, 5) is 0. The lowest BCUT2D eigenvalue weighted by atomic mass is 10.1. The van der Waals surface area contributed by atoms with Gasteiger partial charge in [-0.1, -0.05) is 18.2 Å². The normalized spacial score (nSPS) is 22.1. The van der Waals surface area contributed by atoms with Gasteiger partial charge in [0, 0.05) is 12.1 Å². The van der Waals surface area contributed by atoms with Crippen LogP contribution in [-0.4, -0.2) is 4.57 Å². The molecule has 0 radical (unpaired) electrons. The molecule has 3 aliphatic rings. The highest BCUT2D eigenvalue weighted by Crippen LogP contribution is 2.44. The van der Waals surface area contributed by atoms with Gasteiger partial charge >= 0.3 is 0 Å². The van der Waals surface area contributed by atoms with Gasteiger partial charge < -0.3 is 4.57 Å². The molecule has 0 bridgehead atoms. The van der Waals surface area contributed by atoms with Crippen LogP contribution in [0.1, 0.15) is 23.0 Å². The van der Waals surface area contributed by atoms with Crippen molar-refractivity contribution in [3.8, 4) is 0 Å². The maximum Gasteiger partial charge on any atom is 0.156 e. The number of hydrogen-bond acceptors (Lipinski definition) is 2. The van der Waals surface area contributed by atoms with Gasteiger partial charge in [-0.25, -0.2) is 0 Å². The quantitative estimate of drug-likeness (QED) is 0.601. The second kappa shape index (κ2) is 2.05. The van der Waals surface area contributed by atoms with Gasteiger partial charge in [0.25, 0.3) is 0 Å². The van der Waals surface area contributed by atoms with E-state index in [0.717, 1.165) is 18.7 Å². The topological polar surface area (TPSA) is 29.6 Å². The van der Waals surface area contributed by atoms with Crippen LogP contribution in [0.5, 0.6) is 0 Å². The fraction of sp³-hybridized carbons (Fsp3) is 0.273. The number of rotatable bonds is 0. The first-order valence-corrected chi connectivity index (χ1v) is 4.93. The minimum absolute atomic E-state index is 0.303. The zero-order valence-electron chi connectivity index (χ0n) is 7.64. The zero-order valence-corrected chi connectivity index (χ0v) is 7.64. The molecule has 3 nitrogen and oxygen atoms in total. The van der Waals surface area contributed by atoms with Crippen molar-refractivity contribution in [2.45, 2.75) is 19.0 Å². The molecule has 0 amide bonds. The average Bonchev–Trinajstić information content (AvgIpc) is 2.78. The Balaban J connectivity index is 2.14. The SMILES string of the molecule is c1ccc2n3c(c4c(c1)C4)CC3N=N2. The minimum atomic E-state index is 0.303. The monoisotopic (exact) mass is 183 g/mol. The molecule has 1 aliphatic carbocycles. The zero-order chi connectivity index (χ0) is 9.12. The second-order valence-corrected chi connectivity index (χ2v) is 3.97. The van der Waals surface area contributed by atoms with E-state index in [1.807, 2.05) is 12.1 Å². The van der Waals surface area contributed by atoms with Gasteiger partial charge in [0.2, 0.25) is 0 Å². The van der Waals surface area contributed by atoms with Crippen LogP contribution in [-0.2, 0) is 12.8 Å². The van der Waals surface area contributed by atoms with Crippen molar-refractivity contribution in [2.75, 3.05) is 0 Å². The Kier molecular flexibility index (Phi) is 0.992. The van der Waals surface area contributed by atoms with E-state index < -0.39 is 0 Å². The van der Waals surface area contributed by atoms with E-state index in [-0.39, 0.29) is 0 Å². The summed E-state index contributed by atoms with van der Waals surface area (Å²) in [5.74, 6) is 1.00. The van der Waals surface area contributed by atoms with E-state index in [1.54, 1.807) is 0 Å². The molecule has 0 spiro atoms. The van der Waals surface area contributed by atoms with Gasteiger partial charge in [0.15, 0.2) is 12.0 Å². The smallest absolute Gasteiger partial charge is 0.156 e. The van der Waals surface area contributed by atoms with Crippen LogP contribution < -0.4 is 0 Å². The Bertz CT molecular complexity index is 524. The van der Waals surface area contributed by atoms with Crippen molar-refractivity contribution < 1.29 is 0 Å². The highest BCUT2D eigenvalue weighted by Gasteiger charge is 2.35. The maximum atomic E-state index is 4.21. The molecule has 3 heterocycles. The lowest BCUT2D eigenvalue weighted by Crippen LogP contribution is -2.22. The maximum absolute atomic E-state index is 4.21. The van der Waals surface area contributed by atoms with Crippen LogP contribution in [0.3, 0.4) is 0 Å². The van der Waals surface area contributed by atoms with Crippen molar-refractivity contribution in [3.05, 3.63) is 41.1 Å². The number of hydrogen-bond donors (Lipinski definition) is 0. The summed E-state index contributed by atoms with van der Waals surface area (Å²) in [7, 11) is 0. The number of aromatic nitrogens is 1. The third kappa shape index (κ3) is 0.687. The Morgan fingerprint density at radius 2 is 2.21 bits per heavy atom. The first kappa shape index (κ1) is 6.76. The number of azo groups is 1. The number of fused-ring (bicyclic) bond motifs is 2.